The number of nitriles is 1. The van der Waals surface area contributed by atoms with Gasteiger partial charge in [-0.15, -0.1) is 0 Å². The average Bonchev–Trinajstić information content (AvgIpc) is 2.66. The number of carbonyl (C=O) groups excluding carboxylic acids is 1. The summed E-state index contributed by atoms with van der Waals surface area (Å²) in [6, 6.07) is 11.6. The molecular weight excluding hydrogens is 464 g/mol. The Balaban J connectivity index is 2.30. The van der Waals surface area contributed by atoms with Crippen LogP contribution in [0.1, 0.15) is 18.1 Å². The molecule has 0 saturated heterocycles. The molecule has 0 unspecified atom stereocenters. The van der Waals surface area contributed by atoms with Crippen LogP contribution in [0.2, 0.25) is 0 Å². The molecule has 0 saturated carbocycles. The Bertz CT molecular complexity index is 905. The smallest absolute Gasteiger partial charge is 0.348 e. The molecule has 7 heteroatoms. The number of halogens is 2. The van der Waals surface area contributed by atoms with Crippen LogP contribution in [0.4, 0.5) is 4.39 Å². The maximum atomic E-state index is 13.8. The van der Waals surface area contributed by atoms with E-state index in [9.17, 15) is 9.18 Å². The van der Waals surface area contributed by atoms with Crippen LogP contribution in [0.3, 0.4) is 0 Å². The molecule has 0 aliphatic carbocycles. The van der Waals surface area contributed by atoms with E-state index in [4.69, 9.17) is 19.5 Å². The standard InChI is InChI=1S/C20H17FINO4/c1-3-26-20(24)15(11-23)8-13-9-17(22)19(18(10-13)25-2)27-12-14-6-4-5-7-16(14)21/h4-10H,3,12H2,1-2H3/b15-8+. The lowest BCUT2D eigenvalue weighted by Gasteiger charge is -2.14. The van der Waals surface area contributed by atoms with Crippen LogP contribution in [0.15, 0.2) is 42.0 Å². The van der Waals surface area contributed by atoms with E-state index in [0.717, 1.165) is 0 Å². The lowest BCUT2D eigenvalue weighted by Crippen LogP contribution is -2.06. The van der Waals surface area contributed by atoms with Gasteiger partial charge in [-0.25, -0.2) is 9.18 Å². The third kappa shape index (κ3) is 5.44. The van der Waals surface area contributed by atoms with Gasteiger partial charge in [0, 0.05) is 5.56 Å². The Morgan fingerprint density at radius 3 is 2.70 bits per heavy atom. The molecule has 0 atom stereocenters. The Morgan fingerprint density at radius 2 is 2.07 bits per heavy atom. The lowest BCUT2D eigenvalue weighted by molar-refractivity contribution is -0.137. The summed E-state index contributed by atoms with van der Waals surface area (Å²) < 4.78 is 30.4. The zero-order valence-corrected chi connectivity index (χ0v) is 16.9. The first-order chi connectivity index (χ1) is 13.0. The van der Waals surface area contributed by atoms with E-state index in [2.05, 4.69) is 22.6 Å². The van der Waals surface area contributed by atoms with E-state index in [1.54, 1.807) is 37.3 Å². The third-order valence-corrected chi connectivity index (χ3v) is 4.31. The van der Waals surface area contributed by atoms with Crippen molar-refractivity contribution in [3.63, 3.8) is 0 Å². The molecule has 140 valence electrons. The fourth-order valence-corrected chi connectivity index (χ4v) is 3.02. The van der Waals surface area contributed by atoms with Crippen molar-refractivity contribution in [1.29, 1.82) is 5.26 Å². The predicted molar refractivity (Wildman–Crippen MR) is 107 cm³/mol. The van der Waals surface area contributed by atoms with Crippen molar-refractivity contribution >= 4 is 34.6 Å². The summed E-state index contributed by atoms with van der Waals surface area (Å²) in [4.78, 5) is 11.8. The predicted octanol–water partition coefficient (Wildman–Crippen LogP) is 4.49. The SMILES string of the molecule is CCOC(=O)/C(C#N)=C/c1cc(I)c(OCc2ccccc2F)c(OC)c1. The highest BCUT2D eigenvalue weighted by molar-refractivity contribution is 14.1. The molecule has 27 heavy (non-hydrogen) atoms. The van der Waals surface area contributed by atoms with Crippen LogP contribution >= 0.6 is 22.6 Å². The van der Waals surface area contributed by atoms with Crippen molar-refractivity contribution in [1.82, 2.24) is 0 Å². The largest absolute Gasteiger partial charge is 0.493 e. The van der Waals surface area contributed by atoms with Gasteiger partial charge in [-0.3, -0.25) is 0 Å². The van der Waals surface area contributed by atoms with Gasteiger partial charge in [0.25, 0.3) is 0 Å². The first-order valence-electron chi connectivity index (χ1n) is 8.02. The van der Waals surface area contributed by atoms with Crippen molar-refractivity contribution in [2.75, 3.05) is 13.7 Å². The van der Waals surface area contributed by atoms with Crippen molar-refractivity contribution < 1.29 is 23.4 Å². The number of ether oxygens (including phenoxy) is 3. The van der Waals surface area contributed by atoms with Gasteiger partial charge < -0.3 is 14.2 Å². The summed E-state index contributed by atoms with van der Waals surface area (Å²) in [6.45, 7) is 1.89. The van der Waals surface area contributed by atoms with Gasteiger partial charge in [0.15, 0.2) is 11.5 Å². The first-order valence-corrected chi connectivity index (χ1v) is 9.10. The summed E-state index contributed by atoms with van der Waals surface area (Å²) in [7, 11) is 1.48. The second-order valence-corrected chi connectivity index (χ2v) is 6.47. The van der Waals surface area contributed by atoms with Crippen LogP contribution in [0, 0.1) is 20.7 Å². The molecule has 5 nitrogen and oxygen atoms in total. The van der Waals surface area contributed by atoms with Gasteiger partial charge in [-0.05, 0) is 59.4 Å². The van der Waals surface area contributed by atoms with Gasteiger partial charge in [0.2, 0.25) is 0 Å². The Hall–Kier alpha value is -2.60. The summed E-state index contributed by atoms with van der Waals surface area (Å²) >= 11 is 2.05. The van der Waals surface area contributed by atoms with Gasteiger partial charge in [0.1, 0.15) is 24.1 Å². The molecule has 2 aromatic rings. The van der Waals surface area contributed by atoms with Crippen LogP contribution in [0.25, 0.3) is 6.08 Å². The highest BCUT2D eigenvalue weighted by Gasteiger charge is 2.15. The number of carbonyl (C=O) groups is 1. The molecular formula is C20H17FINO4. The van der Waals surface area contributed by atoms with Crippen LogP contribution < -0.4 is 9.47 Å². The number of methoxy groups -OCH3 is 1. The molecule has 0 amide bonds. The number of hydrogen-bond donors (Lipinski definition) is 0. The highest BCUT2D eigenvalue weighted by Crippen LogP contribution is 2.35. The van der Waals surface area contributed by atoms with E-state index >= 15 is 0 Å². The highest BCUT2D eigenvalue weighted by atomic mass is 127. The second-order valence-electron chi connectivity index (χ2n) is 5.30. The van der Waals surface area contributed by atoms with E-state index in [1.807, 2.05) is 6.07 Å². The summed E-state index contributed by atoms with van der Waals surface area (Å²) in [5.41, 5.74) is 0.891. The zero-order chi connectivity index (χ0) is 19.8. The summed E-state index contributed by atoms with van der Waals surface area (Å²) in [6.07, 6.45) is 1.42. The third-order valence-electron chi connectivity index (χ3n) is 3.51. The van der Waals surface area contributed by atoms with Gasteiger partial charge in [-0.1, -0.05) is 18.2 Å². The molecule has 0 fully saturated rings. The van der Waals surface area contributed by atoms with Gasteiger partial charge in [-0.2, -0.15) is 5.26 Å². The fourth-order valence-electron chi connectivity index (χ4n) is 2.24. The maximum absolute atomic E-state index is 13.8. The fraction of sp³-hybridized carbons (Fsp3) is 0.200. The zero-order valence-electron chi connectivity index (χ0n) is 14.8. The van der Waals surface area contributed by atoms with Crippen LogP contribution in [-0.4, -0.2) is 19.7 Å². The summed E-state index contributed by atoms with van der Waals surface area (Å²) in [5, 5.41) is 9.16. The quantitative estimate of drug-likeness (QED) is 0.253. The molecule has 0 aliphatic rings. The molecule has 0 aromatic heterocycles. The lowest BCUT2D eigenvalue weighted by atomic mass is 10.1. The number of rotatable bonds is 7. The Labute approximate surface area is 170 Å². The second kappa shape index (κ2) is 9.92. The van der Waals surface area contributed by atoms with Crippen molar-refractivity contribution in [3.8, 4) is 17.6 Å². The maximum Gasteiger partial charge on any atom is 0.348 e. The minimum absolute atomic E-state index is 0.0422. The normalized spacial score (nSPS) is 10.9. The molecule has 0 radical (unpaired) electrons. The molecule has 0 aliphatic heterocycles. The van der Waals surface area contributed by atoms with Crippen molar-refractivity contribution in [3.05, 3.63) is 62.5 Å². The van der Waals surface area contributed by atoms with Crippen molar-refractivity contribution in [2.24, 2.45) is 0 Å². The first kappa shape index (κ1) is 20.7. The van der Waals surface area contributed by atoms with Gasteiger partial charge >= 0.3 is 5.97 Å². The number of nitrogens with zero attached hydrogens (tertiary/aromatic N) is 1. The Morgan fingerprint density at radius 1 is 1.33 bits per heavy atom. The molecule has 2 aromatic carbocycles. The number of hydrogen-bond acceptors (Lipinski definition) is 5. The topological polar surface area (TPSA) is 68.6 Å². The van der Waals surface area contributed by atoms with E-state index < -0.39 is 5.97 Å². The molecule has 0 heterocycles. The van der Waals surface area contributed by atoms with E-state index in [0.29, 0.717) is 26.2 Å². The van der Waals surface area contributed by atoms with Crippen LogP contribution in [-0.2, 0) is 16.1 Å². The van der Waals surface area contributed by atoms with Gasteiger partial charge in [0.05, 0.1) is 17.3 Å². The van der Waals surface area contributed by atoms with Crippen LogP contribution in [0.5, 0.6) is 11.5 Å². The number of benzene rings is 2. The average molecular weight is 481 g/mol. The summed E-state index contributed by atoms with van der Waals surface area (Å²) in [5.74, 6) is -0.174. The minimum atomic E-state index is -0.686. The molecule has 2 rings (SSSR count). The monoisotopic (exact) mass is 481 g/mol. The number of esters is 1. The minimum Gasteiger partial charge on any atom is -0.493 e. The van der Waals surface area contributed by atoms with E-state index in [-0.39, 0.29) is 24.6 Å². The molecule has 0 spiro atoms. The Kier molecular flexibility index (Phi) is 7.61. The molecule has 0 bridgehead atoms. The van der Waals surface area contributed by atoms with Crippen molar-refractivity contribution in [2.45, 2.75) is 13.5 Å². The van der Waals surface area contributed by atoms with E-state index in [1.165, 1.54) is 19.3 Å². The molecule has 0 N–H and O–H groups in total.